The molecule has 0 spiro atoms. The Bertz CT molecular complexity index is 301. The Kier molecular flexibility index (Phi) is 5.63. The highest BCUT2D eigenvalue weighted by Gasteiger charge is 2.53. The van der Waals surface area contributed by atoms with Crippen molar-refractivity contribution in [2.24, 2.45) is 0 Å². The summed E-state index contributed by atoms with van der Waals surface area (Å²) in [6.45, 7) is 2.64. The first-order valence-electron chi connectivity index (χ1n) is 4.40. The summed E-state index contributed by atoms with van der Waals surface area (Å²) in [4.78, 5) is 2.36. The van der Waals surface area contributed by atoms with E-state index in [0.717, 1.165) is 0 Å². The molecule has 1 aliphatic rings. The topological polar surface area (TPSA) is 57.6 Å². The molecular formula is C7H13F4NO3S. The van der Waals surface area contributed by atoms with Crippen molar-refractivity contribution in [1.82, 2.24) is 4.90 Å². The molecule has 0 radical (unpaired) electrons. The van der Waals surface area contributed by atoms with E-state index >= 15 is 0 Å². The third-order valence-corrected chi connectivity index (χ3v) is 2.79. The average molecular weight is 267 g/mol. The molecular weight excluding hydrogens is 254 g/mol. The molecule has 9 heteroatoms. The molecule has 0 bridgehead atoms. The van der Waals surface area contributed by atoms with Gasteiger partial charge < -0.3 is 4.90 Å². The number of likely N-dealkylation sites (tertiary alicyclic amines) is 1. The highest BCUT2D eigenvalue weighted by atomic mass is 32.2. The fraction of sp³-hybridized carbons (Fsp3) is 1.00. The predicted molar refractivity (Wildman–Crippen MR) is 49.2 cm³/mol. The van der Waals surface area contributed by atoms with Gasteiger partial charge in [-0.05, 0) is 33.0 Å². The lowest BCUT2D eigenvalue weighted by atomic mass is 10.4. The van der Waals surface area contributed by atoms with Crippen LogP contribution in [0.2, 0.25) is 0 Å². The van der Waals surface area contributed by atoms with Crippen LogP contribution in [-0.2, 0) is 10.1 Å². The van der Waals surface area contributed by atoms with E-state index in [1.807, 2.05) is 0 Å². The van der Waals surface area contributed by atoms with Gasteiger partial charge in [0.2, 0.25) is 0 Å². The summed E-state index contributed by atoms with van der Waals surface area (Å²) in [6.07, 6.45) is -1.59. The Balaban J connectivity index is 0.000000315. The van der Waals surface area contributed by atoms with Crippen LogP contribution < -0.4 is 0 Å². The largest absolute Gasteiger partial charge is 0.428 e. The van der Waals surface area contributed by atoms with Crippen molar-refractivity contribution in [3.05, 3.63) is 0 Å². The Morgan fingerprint density at radius 3 is 1.69 bits per heavy atom. The molecule has 4 nitrogen and oxygen atoms in total. The first-order valence-corrected chi connectivity index (χ1v) is 5.84. The first kappa shape index (κ1) is 15.6. The minimum Gasteiger partial charge on any atom is -0.306 e. The highest BCUT2D eigenvalue weighted by Crippen LogP contribution is 2.27. The van der Waals surface area contributed by atoms with Crippen molar-refractivity contribution < 1.29 is 30.5 Å². The van der Waals surface area contributed by atoms with E-state index in [-0.39, 0.29) is 0 Å². The van der Waals surface area contributed by atoms with Crippen LogP contribution in [0.3, 0.4) is 0 Å². The summed E-state index contributed by atoms with van der Waals surface area (Å²) in [7, 11) is -3.81. The lowest BCUT2D eigenvalue weighted by molar-refractivity contribution is -0.0687. The molecule has 1 heterocycles. The van der Waals surface area contributed by atoms with Crippen molar-refractivity contribution in [2.45, 2.75) is 24.5 Å². The first-order chi connectivity index (χ1) is 7.09. The van der Waals surface area contributed by atoms with Gasteiger partial charge in [-0.3, -0.25) is 4.55 Å². The second-order valence-electron chi connectivity index (χ2n) is 3.35. The molecule has 0 aromatic carbocycles. The van der Waals surface area contributed by atoms with Gasteiger partial charge in [-0.25, -0.2) is 8.78 Å². The Morgan fingerprint density at radius 2 is 1.62 bits per heavy atom. The lowest BCUT2D eigenvalue weighted by Crippen LogP contribution is -2.35. The SMILES string of the molecule is CN1CCCC1.O=S(=O)(O)C(F)(F)C(F)F. The molecule has 98 valence electrons. The van der Waals surface area contributed by atoms with E-state index in [2.05, 4.69) is 11.9 Å². The Morgan fingerprint density at radius 1 is 1.25 bits per heavy atom. The number of nitrogens with zero attached hydrogens (tertiary/aromatic N) is 1. The zero-order valence-corrected chi connectivity index (χ0v) is 9.35. The van der Waals surface area contributed by atoms with Crippen LogP contribution in [0.15, 0.2) is 0 Å². The van der Waals surface area contributed by atoms with E-state index in [9.17, 15) is 26.0 Å². The Hall–Kier alpha value is -0.410. The van der Waals surface area contributed by atoms with Crippen molar-refractivity contribution >= 4 is 10.1 Å². The number of halogens is 4. The summed E-state index contributed by atoms with van der Waals surface area (Å²) in [5, 5.41) is -5.37. The quantitative estimate of drug-likeness (QED) is 0.607. The van der Waals surface area contributed by atoms with Crippen LogP contribution in [-0.4, -0.2) is 49.7 Å². The summed E-state index contributed by atoms with van der Waals surface area (Å²) in [5.41, 5.74) is 0. The highest BCUT2D eigenvalue weighted by molar-refractivity contribution is 7.86. The normalized spacial score (nSPS) is 18.4. The fourth-order valence-electron chi connectivity index (χ4n) is 0.988. The summed E-state index contributed by atoms with van der Waals surface area (Å²) >= 11 is 0. The van der Waals surface area contributed by atoms with Crippen LogP contribution >= 0.6 is 0 Å². The maximum atomic E-state index is 11.5. The van der Waals surface area contributed by atoms with E-state index in [0.29, 0.717) is 0 Å². The van der Waals surface area contributed by atoms with E-state index in [1.165, 1.54) is 25.9 Å². The second-order valence-corrected chi connectivity index (χ2v) is 4.84. The van der Waals surface area contributed by atoms with Gasteiger partial charge in [0.25, 0.3) is 0 Å². The van der Waals surface area contributed by atoms with Crippen molar-refractivity contribution in [1.29, 1.82) is 0 Å². The molecule has 16 heavy (non-hydrogen) atoms. The van der Waals surface area contributed by atoms with Crippen molar-refractivity contribution in [3.8, 4) is 0 Å². The minimum atomic E-state index is -5.98. The van der Waals surface area contributed by atoms with Gasteiger partial charge in [0.05, 0.1) is 0 Å². The standard InChI is InChI=1S/C5H11N.C2H2F4O3S/c1-6-4-2-3-5-6;3-1(4)2(5,6)10(7,8)9/h2-5H2,1H3;1H,(H,7,8,9). The molecule has 0 saturated carbocycles. The fourth-order valence-corrected chi connectivity index (χ4v) is 1.21. The van der Waals surface area contributed by atoms with Crippen LogP contribution in [0.5, 0.6) is 0 Å². The molecule has 0 unspecified atom stereocenters. The number of rotatable bonds is 2. The smallest absolute Gasteiger partial charge is 0.306 e. The third kappa shape index (κ3) is 4.62. The van der Waals surface area contributed by atoms with E-state index in [4.69, 9.17) is 4.55 Å². The number of hydrogen-bond donors (Lipinski definition) is 1. The van der Waals surface area contributed by atoms with Crippen molar-refractivity contribution in [3.63, 3.8) is 0 Å². The summed E-state index contributed by atoms with van der Waals surface area (Å²) in [5.74, 6) is 0. The molecule has 0 atom stereocenters. The monoisotopic (exact) mass is 267 g/mol. The Labute approximate surface area is 91.0 Å². The van der Waals surface area contributed by atoms with Crippen LogP contribution in [0.1, 0.15) is 12.8 Å². The predicted octanol–water partition coefficient (Wildman–Crippen LogP) is 1.44. The van der Waals surface area contributed by atoms with Gasteiger partial charge in [-0.15, -0.1) is 0 Å². The molecule has 0 aromatic heterocycles. The van der Waals surface area contributed by atoms with E-state index < -0.39 is 21.8 Å². The molecule has 1 fully saturated rings. The van der Waals surface area contributed by atoms with Crippen LogP contribution in [0.4, 0.5) is 17.6 Å². The van der Waals surface area contributed by atoms with Crippen LogP contribution in [0, 0.1) is 0 Å². The third-order valence-electron chi connectivity index (χ3n) is 1.93. The number of hydrogen-bond acceptors (Lipinski definition) is 3. The van der Waals surface area contributed by atoms with Gasteiger partial charge in [-0.1, -0.05) is 0 Å². The van der Waals surface area contributed by atoms with Crippen molar-refractivity contribution in [2.75, 3.05) is 20.1 Å². The number of alkyl halides is 4. The minimum absolute atomic E-state index is 1.32. The van der Waals surface area contributed by atoms with Gasteiger partial charge in [0.15, 0.2) is 0 Å². The molecule has 1 saturated heterocycles. The summed E-state index contributed by atoms with van der Waals surface area (Å²) in [6, 6.07) is 0. The van der Waals surface area contributed by atoms with Gasteiger partial charge >= 0.3 is 21.8 Å². The lowest BCUT2D eigenvalue weighted by Gasteiger charge is -2.09. The molecule has 0 amide bonds. The summed E-state index contributed by atoms with van der Waals surface area (Å²) < 4.78 is 71.3. The maximum Gasteiger partial charge on any atom is 0.428 e. The molecule has 1 aliphatic heterocycles. The van der Waals surface area contributed by atoms with Gasteiger partial charge in [0.1, 0.15) is 0 Å². The zero-order valence-electron chi connectivity index (χ0n) is 8.54. The van der Waals surface area contributed by atoms with Gasteiger partial charge in [-0.2, -0.15) is 17.2 Å². The zero-order chi connectivity index (χ0) is 13.0. The second kappa shape index (κ2) is 5.78. The molecule has 1 N–H and O–H groups in total. The molecule has 1 rings (SSSR count). The molecule has 0 aromatic rings. The van der Waals surface area contributed by atoms with E-state index in [1.54, 1.807) is 0 Å². The van der Waals surface area contributed by atoms with Crippen LogP contribution in [0.25, 0.3) is 0 Å². The van der Waals surface area contributed by atoms with Gasteiger partial charge in [0, 0.05) is 0 Å². The molecule has 0 aliphatic carbocycles. The average Bonchev–Trinajstić information content (AvgIpc) is 2.54. The maximum absolute atomic E-state index is 11.5.